The lowest BCUT2D eigenvalue weighted by Crippen LogP contribution is -2.45. The smallest absolute Gasteiger partial charge is 0.377 e. The van der Waals surface area contributed by atoms with Gasteiger partial charge in [0.2, 0.25) is 0 Å². The second kappa shape index (κ2) is 13.1. The Morgan fingerprint density at radius 2 is 0.846 bits per heavy atom. The maximum absolute atomic E-state index is 12.1. The number of carbonyl (C=O) groups is 4. The van der Waals surface area contributed by atoms with Gasteiger partial charge in [0.25, 0.3) is 11.6 Å². The average Bonchev–Trinajstić information content (AvgIpc) is 2.97. The van der Waals surface area contributed by atoms with Crippen LogP contribution in [0.15, 0.2) is 48.5 Å². The number of aliphatic hydroxyl groups is 4. The first-order valence-corrected chi connectivity index (χ1v) is 12.6. The van der Waals surface area contributed by atoms with E-state index in [4.69, 9.17) is 10.2 Å². The Hall–Kier alpha value is -3.44. The van der Waals surface area contributed by atoms with E-state index < -0.39 is 66.2 Å². The summed E-state index contributed by atoms with van der Waals surface area (Å²) in [5.41, 5.74) is -2.27. The minimum atomic E-state index is -1.62. The van der Waals surface area contributed by atoms with Crippen molar-refractivity contribution in [1.29, 1.82) is 0 Å². The minimum Gasteiger partial charge on any atom is -0.475 e. The molecule has 0 spiro atoms. The van der Waals surface area contributed by atoms with Gasteiger partial charge in [-0.15, -0.1) is 0 Å². The van der Waals surface area contributed by atoms with Gasteiger partial charge >= 0.3 is 11.9 Å². The van der Waals surface area contributed by atoms with Gasteiger partial charge in [0.15, 0.2) is 0 Å². The molecule has 6 N–H and O–H groups in total. The predicted molar refractivity (Wildman–Crippen MR) is 141 cm³/mol. The van der Waals surface area contributed by atoms with E-state index in [0.29, 0.717) is 24.0 Å². The summed E-state index contributed by atoms with van der Waals surface area (Å²) in [6.07, 6.45) is 0.905. The second-order valence-electron chi connectivity index (χ2n) is 10.2. The maximum atomic E-state index is 12.1. The third kappa shape index (κ3) is 6.59. The molecule has 10 nitrogen and oxygen atoms in total. The fraction of sp³-hybridized carbons (Fsp3) is 0.448. The van der Waals surface area contributed by atoms with Crippen molar-refractivity contribution in [3.8, 4) is 0 Å². The van der Waals surface area contributed by atoms with Crippen molar-refractivity contribution >= 4 is 23.5 Å². The normalized spacial score (nSPS) is 12.3. The number of carbonyl (C=O) groups excluding carboxylic acids is 2. The van der Waals surface area contributed by atoms with Crippen LogP contribution in [-0.4, -0.2) is 80.6 Å². The number of ketones is 2. The molecule has 2 aromatic carbocycles. The van der Waals surface area contributed by atoms with Crippen LogP contribution in [0, 0.1) is 10.8 Å². The van der Waals surface area contributed by atoms with Crippen molar-refractivity contribution in [2.75, 3.05) is 26.4 Å². The number of hydrogen-bond donors (Lipinski definition) is 6. The summed E-state index contributed by atoms with van der Waals surface area (Å²) < 4.78 is 0. The predicted octanol–water partition coefficient (Wildman–Crippen LogP) is 2.05. The van der Waals surface area contributed by atoms with Crippen molar-refractivity contribution in [3.63, 3.8) is 0 Å². The van der Waals surface area contributed by atoms with Gasteiger partial charge in [-0.3, -0.25) is 9.59 Å². The van der Waals surface area contributed by atoms with E-state index >= 15 is 0 Å². The van der Waals surface area contributed by atoms with Gasteiger partial charge in [0.1, 0.15) is 0 Å². The monoisotopic (exact) mass is 544 g/mol. The lowest BCUT2D eigenvalue weighted by atomic mass is 9.57. The SMILES string of the molecule is CCC(CO)(CO)CC(CC(CC)(CO)CO)(c1ccc(C(=O)C(=O)O)cc1)c1ccc(C(=O)C(=O)O)cc1. The van der Waals surface area contributed by atoms with Crippen molar-refractivity contribution < 1.29 is 49.8 Å². The summed E-state index contributed by atoms with van der Waals surface area (Å²) in [5.74, 6) is -5.45. The van der Waals surface area contributed by atoms with Crippen LogP contribution in [-0.2, 0) is 15.0 Å². The molecule has 0 amide bonds. The molecule has 0 unspecified atom stereocenters. The molecule has 212 valence electrons. The van der Waals surface area contributed by atoms with Crippen LogP contribution in [0.5, 0.6) is 0 Å². The topological polar surface area (TPSA) is 190 Å². The molecular weight excluding hydrogens is 508 g/mol. The highest BCUT2D eigenvalue weighted by Crippen LogP contribution is 2.51. The number of rotatable bonds is 16. The number of aliphatic carboxylic acids is 2. The molecule has 0 radical (unpaired) electrons. The fourth-order valence-corrected chi connectivity index (χ4v) is 5.07. The van der Waals surface area contributed by atoms with Crippen molar-refractivity contribution in [1.82, 2.24) is 0 Å². The number of hydrogen-bond acceptors (Lipinski definition) is 8. The van der Waals surface area contributed by atoms with Crippen LogP contribution in [0.3, 0.4) is 0 Å². The highest BCUT2D eigenvalue weighted by Gasteiger charge is 2.47. The van der Waals surface area contributed by atoms with E-state index in [0.717, 1.165) is 0 Å². The van der Waals surface area contributed by atoms with Gasteiger partial charge in [-0.1, -0.05) is 62.4 Å². The van der Waals surface area contributed by atoms with E-state index in [1.54, 1.807) is 38.1 Å². The largest absolute Gasteiger partial charge is 0.475 e. The van der Waals surface area contributed by atoms with Gasteiger partial charge in [0.05, 0.1) is 26.4 Å². The first-order valence-electron chi connectivity index (χ1n) is 12.6. The Morgan fingerprint density at radius 1 is 0.564 bits per heavy atom. The zero-order valence-electron chi connectivity index (χ0n) is 22.1. The van der Waals surface area contributed by atoms with Crippen molar-refractivity contribution in [3.05, 3.63) is 70.8 Å². The van der Waals surface area contributed by atoms with Gasteiger partial charge in [-0.25, -0.2) is 9.59 Å². The number of benzene rings is 2. The highest BCUT2D eigenvalue weighted by atomic mass is 16.4. The summed E-state index contributed by atoms with van der Waals surface area (Å²) in [4.78, 5) is 46.5. The lowest BCUT2D eigenvalue weighted by Gasteiger charge is -2.47. The molecule has 39 heavy (non-hydrogen) atoms. The van der Waals surface area contributed by atoms with E-state index in [1.165, 1.54) is 24.3 Å². The zero-order valence-corrected chi connectivity index (χ0v) is 22.1. The molecule has 0 aliphatic rings. The molecular formula is C29H36O10. The molecule has 2 aromatic rings. The quantitative estimate of drug-likeness (QED) is 0.135. The van der Waals surface area contributed by atoms with Crippen molar-refractivity contribution in [2.45, 2.75) is 44.9 Å². The molecule has 0 fully saturated rings. The Morgan fingerprint density at radius 3 is 1.05 bits per heavy atom. The van der Waals surface area contributed by atoms with Gasteiger partial charge in [0, 0.05) is 27.4 Å². The Kier molecular flexibility index (Phi) is 10.7. The molecule has 0 aromatic heterocycles. The third-order valence-corrected chi connectivity index (χ3v) is 7.98. The fourth-order valence-electron chi connectivity index (χ4n) is 5.07. The lowest BCUT2D eigenvalue weighted by molar-refractivity contribution is -0.132. The summed E-state index contributed by atoms with van der Waals surface area (Å²) in [7, 11) is 0. The van der Waals surface area contributed by atoms with Gasteiger partial charge in [-0.05, 0) is 36.8 Å². The Bertz CT molecular complexity index is 1050. The van der Waals surface area contributed by atoms with E-state index in [2.05, 4.69) is 0 Å². The van der Waals surface area contributed by atoms with Crippen LogP contribution < -0.4 is 0 Å². The van der Waals surface area contributed by atoms with Gasteiger partial charge in [-0.2, -0.15) is 0 Å². The van der Waals surface area contributed by atoms with E-state index in [1.807, 2.05) is 0 Å². The Labute approximate surface area is 226 Å². The third-order valence-electron chi connectivity index (χ3n) is 7.98. The standard InChI is InChI=1S/C29H36O10/c1-3-27(15-30,16-31)13-29(14-28(4-2,17-32)18-33,21-9-5-19(6-10-21)23(34)25(36)37)22-11-7-20(8-12-22)24(35)26(38)39/h5-12,30-33H,3-4,13-18H2,1-2H3,(H,36,37)(H,38,39). The second-order valence-corrected chi connectivity index (χ2v) is 10.2. The molecule has 0 atom stereocenters. The first-order chi connectivity index (χ1) is 18.4. The van der Waals surface area contributed by atoms with Crippen LogP contribution in [0.2, 0.25) is 0 Å². The highest BCUT2D eigenvalue weighted by molar-refractivity contribution is 6.40. The molecule has 0 saturated heterocycles. The summed E-state index contributed by atoms with van der Waals surface area (Å²) >= 11 is 0. The van der Waals surface area contributed by atoms with Gasteiger partial charge < -0.3 is 30.6 Å². The van der Waals surface area contributed by atoms with Crippen LogP contribution in [0.4, 0.5) is 0 Å². The van der Waals surface area contributed by atoms with Crippen LogP contribution in [0.1, 0.15) is 71.4 Å². The van der Waals surface area contributed by atoms with Crippen molar-refractivity contribution in [2.24, 2.45) is 10.8 Å². The molecule has 0 bridgehead atoms. The molecule has 0 aliphatic heterocycles. The van der Waals surface area contributed by atoms with Crippen LogP contribution in [0.25, 0.3) is 0 Å². The maximum Gasteiger partial charge on any atom is 0.377 e. The number of aliphatic hydroxyl groups excluding tert-OH is 4. The number of carboxylic acid groups (broad SMARTS) is 2. The number of Topliss-reactive ketones (excluding diaryl/α,β-unsaturated/α-hetero) is 2. The minimum absolute atomic E-state index is 0.0697. The number of carboxylic acids is 2. The summed E-state index contributed by atoms with van der Waals surface area (Å²) in [5, 5.41) is 59.8. The molecule has 10 heteroatoms. The molecule has 0 saturated carbocycles. The first kappa shape index (κ1) is 31.8. The molecule has 2 rings (SSSR count). The Balaban J connectivity index is 2.93. The van der Waals surface area contributed by atoms with E-state index in [-0.39, 0.29) is 24.0 Å². The molecule has 0 heterocycles. The van der Waals surface area contributed by atoms with E-state index in [9.17, 15) is 39.6 Å². The zero-order chi connectivity index (χ0) is 29.4. The summed E-state index contributed by atoms with van der Waals surface area (Å²) in [6.45, 7) is 2.00. The molecule has 0 aliphatic carbocycles. The summed E-state index contributed by atoms with van der Waals surface area (Å²) in [6, 6.07) is 11.6. The van der Waals surface area contributed by atoms with Crippen LogP contribution >= 0.6 is 0 Å². The average molecular weight is 545 g/mol.